The van der Waals surface area contributed by atoms with Gasteiger partial charge in [0, 0.05) is 33.9 Å². The lowest BCUT2D eigenvalue weighted by Crippen LogP contribution is -2.29. The van der Waals surface area contributed by atoms with Crippen molar-refractivity contribution in [2.75, 3.05) is 9.80 Å². The predicted molar refractivity (Wildman–Crippen MR) is 387 cm³/mol. The summed E-state index contributed by atoms with van der Waals surface area (Å²) in [5.41, 5.74) is 2.11. The highest BCUT2D eigenvalue weighted by atomic mass is 19.1. The van der Waals surface area contributed by atoms with Gasteiger partial charge in [-0.05, 0) is 183 Å². The van der Waals surface area contributed by atoms with Crippen molar-refractivity contribution in [3.8, 4) is 55.6 Å². The summed E-state index contributed by atoms with van der Waals surface area (Å²) < 4.78 is 218. The molecule has 2 nitrogen and oxygen atoms in total. The number of benzene rings is 14. The quantitative estimate of drug-likeness (QED) is 0.113. The van der Waals surface area contributed by atoms with Crippen LogP contribution in [0.3, 0.4) is 0 Å². The van der Waals surface area contributed by atoms with Gasteiger partial charge in [0.2, 0.25) is 0 Å². The van der Waals surface area contributed by atoms with Gasteiger partial charge in [-0.15, -0.1) is 0 Å². The van der Waals surface area contributed by atoms with Crippen molar-refractivity contribution < 1.29 is 36.2 Å². The number of rotatable bonds is 12. The molecule has 0 bridgehead atoms. The molecular weight excluding hydrogens is 1130 g/mol. The van der Waals surface area contributed by atoms with E-state index in [1.807, 2.05) is 181 Å². The van der Waals surface area contributed by atoms with Crippen LogP contribution in [0.4, 0.5) is 42.9 Å². The van der Waals surface area contributed by atoms with Crippen LogP contribution in [0.1, 0.15) is 102 Å². The van der Waals surface area contributed by atoms with E-state index in [0.717, 1.165) is 56.5 Å². The molecule has 0 atom stereocenters. The fraction of sp³-hybridized carbons (Fsp3) is 0.101. The van der Waals surface area contributed by atoms with Gasteiger partial charge in [0.1, 0.15) is 11.6 Å². The third kappa shape index (κ3) is 10.3. The summed E-state index contributed by atoms with van der Waals surface area (Å²) in [6.07, 6.45) is 0. The molecule has 0 N–H and O–H groups in total. The van der Waals surface area contributed by atoms with Crippen molar-refractivity contribution in [2.24, 2.45) is 0 Å². The largest absolute Gasteiger partial charge is 0.307 e. The van der Waals surface area contributed by atoms with Gasteiger partial charge in [0.25, 0.3) is 0 Å². The van der Waals surface area contributed by atoms with Crippen LogP contribution in [0.15, 0.2) is 315 Å². The Kier molecular flexibility index (Phi) is 10.1. The fourth-order valence-corrected chi connectivity index (χ4v) is 13.4. The Balaban J connectivity index is 1.06. The highest BCUT2D eigenvalue weighted by Crippen LogP contribution is 2.62. The minimum absolute atomic E-state index is 0.236. The average molecular weight is 1230 g/mol. The molecule has 14 aromatic carbocycles. The molecule has 93 heavy (non-hydrogen) atoms. The van der Waals surface area contributed by atoms with E-state index in [9.17, 15) is 5.48 Å². The summed E-state index contributed by atoms with van der Waals surface area (Å²) in [4.78, 5) is 3.19. The molecule has 0 aromatic heterocycles. The number of fused-ring (bicyclic) bond motifs is 8. The second-order valence-corrected chi connectivity index (χ2v) is 25.2. The van der Waals surface area contributed by atoms with E-state index in [1.54, 1.807) is 40.1 Å². The Morgan fingerprint density at radius 2 is 0.710 bits per heavy atom. The molecule has 4 heteroatoms. The van der Waals surface area contributed by atoms with Crippen LogP contribution in [-0.2, 0) is 16.2 Å². The maximum atomic E-state index is 19.1. The lowest BCUT2D eigenvalue weighted by atomic mass is 9.66. The lowest BCUT2D eigenvalue weighted by molar-refractivity contribution is 0.590. The second-order valence-electron chi connectivity index (χ2n) is 25.2. The number of hydrogen-bond acceptors (Lipinski definition) is 2. The maximum absolute atomic E-state index is 19.1. The van der Waals surface area contributed by atoms with Crippen LogP contribution in [-0.4, -0.2) is 0 Å². The van der Waals surface area contributed by atoms with Crippen LogP contribution in [0.5, 0.6) is 0 Å². The maximum Gasteiger partial charge on any atom is 0.148 e. The second kappa shape index (κ2) is 23.4. The third-order valence-electron chi connectivity index (χ3n) is 17.7. The predicted octanol–water partition coefficient (Wildman–Crippen LogP) is 24.8. The van der Waals surface area contributed by atoms with Crippen molar-refractivity contribution in [3.63, 3.8) is 0 Å². The number of hydrogen-bond donors (Lipinski definition) is 0. The zero-order valence-corrected chi connectivity index (χ0v) is 51.6. The van der Waals surface area contributed by atoms with Crippen LogP contribution >= 0.6 is 0 Å². The van der Waals surface area contributed by atoms with Gasteiger partial charge >= 0.3 is 0 Å². The lowest BCUT2D eigenvalue weighted by Gasteiger charge is -2.36. The minimum Gasteiger partial charge on any atom is -0.307 e. The van der Waals surface area contributed by atoms with Crippen LogP contribution in [0, 0.1) is 11.6 Å². The Hall–Kier alpha value is -10.9. The van der Waals surface area contributed by atoms with Gasteiger partial charge in [0.05, 0.1) is 44.2 Å². The van der Waals surface area contributed by atoms with E-state index >= 15 is 8.78 Å². The molecule has 1 aliphatic rings. The van der Waals surface area contributed by atoms with Crippen molar-refractivity contribution in [1.82, 2.24) is 0 Å². The fourth-order valence-electron chi connectivity index (χ4n) is 13.4. The molecule has 1 aliphatic carbocycles. The van der Waals surface area contributed by atoms with E-state index in [0.29, 0.717) is 44.5 Å². The average Bonchev–Trinajstić information content (AvgIpc) is 1.52. The van der Waals surface area contributed by atoms with Gasteiger partial charge < -0.3 is 9.80 Å². The number of nitrogens with zero attached hydrogens (tertiary/aromatic N) is 2. The van der Waals surface area contributed by atoms with Crippen molar-refractivity contribution in [3.05, 3.63) is 360 Å². The Morgan fingerprint density at radius 3 is 1.15 bits per heavy atom. The highest BCUT2D eigenvalue weighted by molar-refractivity contribution is 6.20. The zero-order valence-electron chi connectivity index (χ0n) is 71.6. The van der Waals surface area contributed by atoms with Crippen molar-refractivity contribution >= 4 is 55.7 Å². The molecule has 0 radical (unpaired) electrons. The third-order valence-corrected chi connectivity index (χ3v) is 17.7. The first-order chi connectivity index (χ1) is 53.5. The first kappa shape index (κ1) is 40.0. The first-order valence-electron chi connectivity index (χ1n) is 40.5. The van der Waals surface area contributed by atoms with Crippen LogP contribution < -0.4 is 9.80 Å². The molecule has 15 rings (SSSR count). The van der Waals surface area contributed by atoms with E-state index in [1.165, 1.54) is 12.1 Å². The zero-order chi connectivity index (χ0) is 81.0. The molecule has 0 heterocycles. The van der Waals surface area contributed by atoms with Crippen molar-refractivity contribution in [1.29, 1.82) is 0 Å². The summed E-state index contributed by atoms with van der Waals surface area (Å²) in [5, 5.41) is 2.78. The minimum atomic E-state index is -1.37. The molecule has 0 aliphatic heterocycles. The van der Waals surface area contributed by atoms with Gasteiger partial charge in [-0.2, -0.15) is 0 Å². The summed E-state index contributed by atoms with van der Waals surface area (Å²) in [7, 11) is 0. The first-order valence-corrected chi connectivity index (χ1v) is 30.5. The van der Waals surface area contributed by atoms with E-state index in [2.05, 4.69) is 0 Å². The van der Waals surface area contributed by atoms with Crippen LogP contribution in [0.2, 0.25) is 0 Å². The summed E-state index contributed by atoms with van der Waals surface area (Å²) in [5.74, 6) is -2.12. The van der Waals surface area contributed by atoms with Crippen molar-refractivity contribution in [2.45, 2.75) is 57.8 Å². The summed E-state index contributed by atoms with van der Waals surface area (Å²) in [6, 6.07) is 44.0. The Morgan fingerprint density at radius 1 is 0.323 bits per heavy atom. The van der Waals surface area contributed by atoms with Gasteiger partial charge in [-0.1, -0.05) is 284 Å². The summed E-state index contributed by atoms with van der Waals surface area (Å²) in [6.45, 7) is 12.2. The molecule has 0 saturated carbocycles. The molecule has 0 spiro atoms. The molecule has 14 aromatic rings. The highest BCUT2D eigenvalue weighted by Gasteiger charge is 2.49. The number of halogens is 2. The number of anilines is 6. The molecular formula is C89H70F2N2. The Bertz CT molecular complexity index is 6210. The van der Waals surface area contributed by atoms with E-state index < -0.39 is 171 Å². The van der Waals surface area contributed by atoms with Gasteiger partial charge in [-0.3, -0.25) is 0 Å². The smallest absolute Gasteiger partial charge is 0.148 e. The van der Waals surface area contributed by atoms with Gasteiger partial charge in [-0.25, -0.2) is 8.78 Å². The molecule has 0 unspecified atom stereocenters. The van der Waals surface area contributed by atoms with E-state index in [4.69, 9.17) is 21.9 Å². The molecule has 0 amide bonds. The Labute approximate surface area is 573 Å². The van der Waals surface area contributed by atoms with E-state index in [-0.39, 0.29) is 33.6 Å². The van der Waals surface area contributed by atoms with Crippen LogP contribution in [0.25, 0.3) is 77.2 Å². The SMILES string of the molecule is [2H]c1c([2H])c([2H])c(-c2cc(F)c(N(c3ccc(C(C)(C)C)cc3)c3ccc4c(c3)C(c3ccccc3)(c3ccccc3)c3c-4c4ccccc4c4cc(N(c5ccc(C(C)(C)C)cc5)c5c(F)cc(-c6c([2H])c([2H])c([2H])c([2H])c6[2H])cc5-c5c([2H])c([2H])c([2H])c([2H])c5[2H])ccc34)c(-c3c([2H])c([2H])c([2H])c([2H])c3[2H])c2)c([2H])c1[2H]. The van der Waals surface area contributed by atoms with Gasteiger partial charge in [0.15, 0.2) is 0 Å². The molecule has 0 saturated heterocycles. The molecule has 0 fully saturated rings. The molecule has 450 valence electrons. The monoisotopic (exact) mass is 1220 g/mol. The topological polar surface area (TPSA) is 6.48 Å². The standard InChI is InChI=1S/C89H70F2N2/c1-87(2,3)65-41-45-69(46-42-65)92(85-77(61-31-17-9-18-32-61)53-63(55-81(85)90)59-27-13-7-14-28-59)71-49-51-75-79(57-71)73-39-25-26-40-74(73)83-76-52-50-72(58-80(76)89(84(75)83,67-35-21-11-22-36-67)68-37-23-12-24-38-68)93(70-47-43-66(44-48-70)88(4,5)6)86-78(62-33-19-10-20-34-62)54-64(56-82(86)91)60-29-15-8-16-30-60/h7-58H,1-6H3/i7D,8D,9D,10D,13D,14D,15D,16D,17D,18D,19D,20D,27D,28D,29D,30D,31D,32D,33D,34D. The normalized spacial score (nSPS) is 15.6. The summed E-state index contributed by atoms with van der Waals surface area (Å²) >= 11 is 0.